The van der Waals surface area contributed by atoms with Gasteiger partial charge in [-0.15, -0.1) is 12.4 Å². The van der Waals surface area contributed by atoms with E-state index in [4.69, 9.17) is 4.55 Å². The first-order chi connectivity index (χ1) is 6.46. The summed E-state index contributed by atoms with van der Waals surface area (Å²) in [6.45, 7) is 0. The molecule has 0 aromatic heterocycles. The summed E-state index contributed by atoms with van der Waals surface area (Å²) >= 11 is 0. The molecule has 0 spiro atoms. The molecule has 1 aromatic rings. The lowest BCUT2D eigenvalue weighted by atomic mass is 10.2. The van der Waals surface area contributed by atoms with Crippen LogP contribution in [0.5, 0.6) is 0 Å². The van der Waals surface area contributed by atoms with E-state index in [0.717, 1.165) is 13.2 Å². The fraction of sp³-hybridized carbons (Fsp3) is 0.125. The van der Waals surface area contributed by atoms with E-state index in [1.54, 1.807) is 0 Å². The smallest absolute Gasteiger partial charge is 0.339 e. The van der Waals surface area contributed by atoms with Crippen LogP contribution in [0.25, 0.3) is 0 Å². The van der Waals surface area contributed by atoms with Crippen molar-refractivity contribution in [3.05, 3.63) is 29.8 Å². The fourth-order valence-electron chi connectivity index (χ4n) is 0.970. The molecule has 0 saturated carbocycles. The van der Waals surface area contributed by atoms with Crippen LogP contribution in [0.15, 0.2) is 29.2 Å². The molecule has 7 heteroatoms. The first-order valence-corrected chi connectivity index (χ1v) is 5.05. The molecule has 0 bridgehead atoms. The Bertz CT molecular complexity index is 454. The summed E-state index contributed by atoms with van der Waals surface area (Å²) in [5.74, 6) is -0.807. The number of esters is 1. The Morgan fingerprint density at radius 1 is 1.33 bits per heavy atom. The number of halogens is 1. The van der Waals surface area contributed by atoms with E-state index in [1.165, 1.54) is 18.2 Å². The summed E-state index contributed by atoms with van der Waals surface area (Å²) < 4.78 is 34.8. The van der Waals surface area contributed by atoms with Crippen LogP contribution in [0.3, 0.4) is 0 Å². The zero-order chi connectivity index (χ0) is 10.8. The van der Waals surface area contributed by atoms with Gasteiger partial charge in [0.25, 0.3) is 10.1 Å². The molecule has 0 aliphatic rings. The summed E-state index contributed by atoms with van der Waals surface area (Å²) in [4.78, 5) is 10.6. The molecule has 0 radical (unpaired) electrons. The quantitative estimate of drug-likeness (QED) is 0.631. The fourth-order valence-corrected chi connectivity index (χ4v) is 1.65. The molecule has 0 amide bonds. The van der Waals surface area contributed by atoms with Gasteiger partial charge < -0.3 is 4.74 Å². The van der Waals surface area contributed by atoms with Gasteiger partial charge in [0.15, 0.2) is 0 Å². The van der Waals surface area contributed by atoms with Crippen molar-refractivity contribution in [3.63, 3.8) is 0 Å². The lowest BCUT2D eigenvalue weighted by Gasteiger charge is -2.03. The van der Waals surface area contributed by atoms with E-state index in [9.17, 15) is 13.2 Å². The van der Waals surface area contributed by atoms with Crippen LogP contribution >= 0.6 is 12.4 Å². The molecule has 1 aromatic carbocycles. The highest BCUT2D eigenvalue weighted by Crippen LogP contribution is 2.15. The van der Waals surface area contributed by atoms with Gasteiger partial charge in [-0.2, -0.15) is 8.42 Å². The Labute approximate surface area is 93.2 Å². The maximum absolute atomic E-state index is 11.1. The van der Waals surface area contributed by atoms with Crippen molar-refractivity contribution in [2.24, 2.45) is 0 Å². The summed E-state index contributed by atoms with van der Waals surface area (Å²) in [5, 5.41) is 0. The first-order valence-electron chi connectivity index (χ1n) is 3.61. The van der Waals surface area contributed by atoms with Gasteiger partial charge in [-0.1, -0.05) is 12.1 Å². The lowest BCUT2D eigenvalue weighted by molar-refractivity contribution is 0.0596. The van der Waals surface area contributed by atoms with Crippen LogP contribution < -0.4 is 0 Å². The molecule has 1 N–H and O–H groups in total. The maximum atomic E-state index is 11.1. The molecule has 15 heavy (non-hydrogen) atoms. The molecular formula is C8H9ClO5S. The third kappa shape index (κ3) is 3.19. The predicted molar refractivity (Wildman–Crippen MR) is 54.8 cm³/mol. The highest BCUT2D eigenvalue weighted by atomic mass is 35.5. The van der Waals surface area contributed by atoms with Gasteiger partial charge >= 0.3 is 5.97 Å². The van der Waals surface area contributed by atoms with Crippen LogP contribution in [0.2, 0.25) is 0 Å². The molecule has 5 nitrogen and oxygen atoms in total. The minimum absolute atomic E-state index is 0. The van der Waals surface area contributed by atoms with Gasteiger partial charge in [0.2, 0.25) is 0 Å². The second kappa shape index (κ2) is 5.11. The highest BCUT2D eigenvalue weighted by molar-refractivity contribution is 7.86. The van der Waals surface area contributed by atoms with Gasteiger partial charge in [-0.05, 0) is 12.1 Å². The minimum Gasteiger partial charge on any atom is -0.465 e. The van der Waals surface area contributed by atoms with Gasteiger partial charge in [-0.3, -0.25) is 4.55 Å². The third-order valence-corrected chi connectivity index (χ3v) is 2.48. The van der Waals surface area contributed by atoms with Crippen molar-refractivity contribution in [2.75, 3.05) is 7.11 Å². The van der Waals surface area contributed by atoms with Crippen LogP contribution in [-0.4, -0.2) is 26.0 Å². The normalized spacial score (nSPS) is 10.3. The molecular weight excluding hydrogens is 244 g/mol. The number of rotatable bonds is 2. The Morgan fingerprint density at radius 2 is 1.87 bits per heavy atom. The first kappa shape index (κ1) is 13.9. The van der Waals surface area contributed by atoms with Gasteiger partial charge in [0, 0.05) is 0 Å². The van der Waals surface area contributed by atoms with Crippen molar-refractivity contribution < 1.29 is 22.5 Å². The number of methoxy groups -OCH3 is 1. The van der Waals surface area contributed by atoms with Crippen molar-refractivity contribution >= 4 is 28.5 Å². The second-order valence-corrected chi connectivity index (χ2v) is 3.85. The number of hydrogen-bond acceptors (Lipinski definition) is 4. The molecule has 0 atom stereocenters. The molecule has 84 valence electrons. The number of carbonyl (C=O) groups is 1. The average Bonchev–Trinajstić information content (AvgIpc) is 2.15. The van der Waals surface area contributed by atoms with Crippen LogP contribution in [0, 0.1) is 0 Å². The average molecular weight is 253 g/mol. The zero-order valence-corrected chi connectivity index (χ0v) is 9.34. The Kier molecular flexibility index (Phi) is 4.73. The second-order valence-electron chi connectivity index (χ2n) is 2.46. The van der Waals surface area contributed by atoms with Crippen molar-refractivity contribution in [3.8, 4) is 0 Å². The van der Waals surface area contributed by atoms with Crippen LogP contribution in [0.4, 0.5) is 0 Å². The molecule has 0 heterocycles. The number of carbonyl (C=O) groups excluding carboxylic acids is 1. The SMILES string of the molecule is COC(=O)c1ccccc1S(=O)(=O)O.Cl. The summed E-state index contributed by atoms with van der Waals surface area (Å²) in [5.41, 5.74) is -0.183. The molecule has 0 aliphatic heterocycles. The highest BCUT2D eigenvalue weighted by Gasteiger charge is 2.19. The van der Waals surface area contributed by atoms with E-state index in [-0.39, 0.29) is 18.0 Å². The maximum Gasteiger partial charge on any atom is 0.339 e. The van der Waals surface area contributed by atoms with E-state index in [0.29, 0.717) is 0 Å². The van der Waals surface area contributed by atoms with Crippen molar-refractivity contribution in [2.45, 2.75) is 4.90 Å². The molecule has 0 aliphatic carbocycles. The number of hydrogen-bond donors (Lipinski definition) is 1. The topological polar surface area (TPSA) is 80.7 Å². The Balaban J connectivity index is 0.00000196. The summed E-state index contributed by atoms with van der Waals surface area (Å²) in [7, 11) is -3.26. The standard InChI is InChI=1S/C8H8O5S.ClH/c1-13-8(9)6-4-2-3-5-7(6)14(10,11)12;/h2-5H,1H3,(H,10,11,12);1H. The Morgan fingerprint density at radius 3 is 2.33 bits per heavy atom. The van der Waals surface area contributed by atoms with E-state index >= 15 is 0 Å². The van der Waals surface area contributed by atoms with Gasteiger partial charge in [-0.25, -0.2) is 4.79 Å². The molecule has 1 rings (SSSR count). The molecule has 0 unspecified atom stereocenters. The third-order valence-electron chi connectivity index (χ3n) is 1.57. The predicted octanol–water partition coefficient (Wildman–Crippen LogP) is 1.14. The minimum atomic E-state index is -4.39. The lowest BCUT2D eigenvalue weighted by Crippen LogP contribution is -2.09. The van der Waals surface area contributed by atoms with Crippen LogP contribution in [-0.2, 0) is 14.9 Å². The Hall–Kier alpha value is -1.11. The largest absolute Gasteiger partial charge is 0.465 e. The van der Waals surface area contributed by atoms with E-state index in [2.05, 4.69) is 4.74 Å². The van der Waals surface area contributed by atoms with Crippen LogP contribution in [0.1, 0.15) is 10.4 Å². The number of benzene rings is 1. The van der Waals surface area contributed by atoms with Crippen molar-refractivity contribution in [1.82, 2.24) is 0 Å². The molecule has 0 fully saturated rings. The van der Waals surface area contributed by atoms with E-state index < -0.39 is 21.0 Å². The summed E-state index contributed by atoms with van der Waals surface area (Å²) in [6.07, 6.45) is 0. The van der Waals surface area contributed by atoms with Gasteiger partial charge in [0.1, 0.15) is 4.90 Å². The molecule has 0 saturated heterocycles. The zero-order valence-electron chi connectivity index (χ0n) is 7.71. The monoisotopic (exact) mass is 252 g/mol. The van der Waals surface area contributed by atoms with E-state index in [1.807, 2.05) is 0 Å². The van der Waals surface area contributed by atoms with Crippen molar-refractivity contribution in [1.29, 1.82) is 0 Å². The number of ether oxygens (including phenoxy) is 1. The van der Waals surface area contributed by atoms with Gasteiger partial charge in [0.05, 0.1) is 12.7 Å². The summed E-state index contributed by atoms with van der Waals surface area (Å²) in [6, 6.07) is 5.26.